The van der Waals surface area contributed by atoms with Gasteiger partial charge in [-0.3, -0.25) is 4.90 Å². The van der Waals surface area contributed by atoms with E-state index in [2.05, 4.69) is 17.9 Å². The van der Waals surface area contributed by atoms with E-state index in [1.807, 2.05) is 30.3 Å². The number of aliphatic hydroxyl groups excluding tert-OH is 1. The first-order valence-corrected chi connectivity index (χ1v) is 7.77. The second-order valence-corrected chi connectivity index (χ2v) is 5.54. The predicted octanol–water partition coefficient (Wildman–Crippen LogP) is 3.45. The fourth-order valence-corrected chi connectivity index (χ4v) is 2.56. The summed E-state index contributed by atoms with van der Waals surface area (Å²) in [6.45, 7) is 4.15. The topological polar surface area (TPSA) is 45.8 Å². The van der Waals surface area contributed by atoms with Gasteiger partial charge in [-0.25, -0.2) is 0 Å². The van der Waals surface area contributed by atoms with E-state index in [-0.39, 0.29) is 6.10 Å². The standard InChI is InChI=1S/C18H25NO3/c1-3-6-16(20)13-19(14-18-9-5-10-22-18)12-15-7-4-8-17(11-15)21-2/h4-5,7-11,16,20H,3,6,12-14H2,1-2H3/t16-/m1/s1. The van der Waals surface area contributed by atoms with Gasteiger partial charge in [-0.1, -0.05) is 25.5 Å². The number of hydrogen-bond acceptors (Lipinski definition) is 4. The van der Waals surface area contributed by atoms with Crippen LogP contribution in [-0.4, -0.2) is 29.8 Å². The van der Waals surface area contributed by atoms with Crippen molar-refractivity contribution in [1.29, 1.82) is 0 Å². The zero-order valence-electron chi connectivity index (χ0n) is 13.4. The van der Waals surface area contributed by atoms with Gasteiger partial charge in [0, 0.05) is 13.1 Å². The summed E-state index contributed by atoms with van der Waals surface area (Å²) in [5.41, 5.74) is 1.16. The van der Waals surface area contributed by atoms with Gasteiger partial charge < -0.3 is 14.3 Å². The molecule has 0 aliphatic heterocycles. The number of benzene rings is 1. The molecular formula is C18H25NO3. The van der Waals surface area contributed by atoms with E-state index >= 15 is 0 Å². The zero-order valence-corrected chi connectivity index (χ0v) is 13.4. The number of hydrogen-bond donors (Lipinski definition) is 1. The van der Waals surface area contributed by atoms with Crippen LogP contribution < -0.4 is 4.74 Å². The van der Waals surface area contributed by atoms with Crippen LogP contribution in [0.5, 0.6) is 5.75 Å². The van der Waals surface area contributed by atoms with E-state index in [9.17, 15) is 5.11 Å². The number of furan rings is 1. The van der Waals surface area contributed by atoms with Crippen LogP contribution >= 0.6 is 0 Å². The molecule has 0 amide bonds. The lowest BCUT2D eigenvalue weighted by atomic mass is 10.1. The third-order valence-corrected chi connectivity index (χ3v) is 3.59. The fourth-order valence-electron chi connectivity index (χ4n) is 2.56. The minimum atomic E-state index is -0.314. The van der Waals surface area contributed by atoms with Crippen molar-refractivity contribution in [2.24, 2.45) is 0 Å². The van der Waals surface area contributed by atoms with Crippen LogP contribution in [-0.2, 0) is 13.1 Å². The van der Waals surface area contributed by atoms with Crippen molar-refractivity contribution >= 4 is 0 Å². The maximum Gasteiger partial charge on any atom is 0.119 e. The fraction of sp³-hybridized carbons (Fsp3) is 0.444. The molecule has 0 saturated heterocycles. The lowest BCUT2D eigenvalue weighted by Gasteiger charge is -2.24. The van der Waals surface area contributed by atoms with Gasteiger partial charge in [-0.2, -0.15) is 0 Å². The predicted molar refractivity (Wildman–Crippen MR) is 86.7 cm³/mol. The minimum Gasteiger partial charge on any atom is -0.497 e. The van der Waals surface area contributed by atoms with Crippen molar-refractivity contribution in [3.8, 4) is 5.75 Å². The average Bonchev–Trinajstić information content (AvgIpc) is 3.00. The number of rotatable bonds is 9. The molecule has 0 spiro atoms. The molecular weight excluding hydrogens is 278 g/mol. The maximum atomic E-state index is 10.1. The molecule has 2 aromatic rings. The molecule has 22 heavy (non-hydrogen) atoms. The van der Waals surface area contributed by atoms with Crippen molar-refractivity contribution in [3.63, 3.8) is 0 Å². The van der Waals surface area contributed by atoms with E-state index in [1.165, 1.54) is 0 Å². The monoisotopic (exact) mass is 303 g/mol. The SMILES string of the molecule is CCC[C@@H](O)CN(Cc1cccc(OC)c1)Cc1ccco1. The van der Waals surface area contributed by atoms with Gasteiger partial charge in [0.05, 0.1) is 26.0 Å². The molecule has 0 aliphatic rings. The van der Waals surface area contributed by atoms with Crippen LogP contribution in [0.1, 0.15) is 31.1 Å². The summed E-state index contributed by atoms with van der Waals surface area (Å²) in [5.74, 6) is 1.76. The van der Waals surface area contributed by atoms with E-state index in [0.29, 0.717) is 13.1 Å². The van der Waals surface area contributed by atoms with Gasteiger partial charge in [-0.15, -0.1) is 0 Å². The van der Waals surface area contributed by atoms with Crippen molar-refractivity contribution in [2.75, 3.05) is 13.7 Å². The highest BCUT2D eigenvalue weighted by atomic mass is 16.5. The third-order valence-electron chi connectivity index (χ3n) is 3.59. The van der Waals surface area contributed by atoms with E-state index in [0.717, 1.165) is 36.5 Å². The normalized spacial score (nSPS) is 12.5. The van der Waals surface area contributed by atoms with Crippen LogP contribution in [0.3, 0.4) is 0 Å². The molecule has 0 aliphatic carbocycles. The van der Waals surface area contributed by atoms with Gasteiger partial charge in [0.2, 0.25) is 0 Å². The molecule has 2 rings (SSSR count). The summed E-state index contributed by atoms with van der Waals surface area (Å²) >= 11 is 0. The molecule has 1 N–H and O–H groups in total. The lowest BCUT2D eigenvalue weighted by Crippen LogP contribution is -2.31. The van der Waals surface area contributed by atoms with Gasteiger partial charge >= 0.3 is 0 Å². The maximum absolute atomic E-state index is 10.1. The number of methoxy groups -OCH3 is 1. The van der Waals surface area contributed by atoms with E-state index in [4.69, 9.17) is 9.15 Å². The average molecular weight is 303 g/mol. The van der Waals surface area contributed by atoms with Crippen molar-refractivity contribution in [1.82, 2.24) is 4.90 Å². The Morgan fingerprint density at radius 3 is 2.77 bits per heavy atom. The quantitative estimate of drug-likeness (QED) is 0.770. The molecule has 0 unspecified atom stereocenters. The Morgan fingerprint density at radius 1 is 1.23 bits per heavy atom. The largest absolute Gasteiger partial charge is 0.497 e. The number of aliphatic hydroxyl groups is 1. The Balaban J connectivity index is 2.05. The summed E-state index contributed by atoms with van der Waals surface area (Å²) in [6, 6.07) is 11.9. The van der Waals surface area contributed by atoms with Gasteiger partial charge in [0.15, 0.2) is 0 Å². The zero-order chi connectivity index (χ0) is 15.8. The van der Waals surface area contributed by atoms with Crippen LogP contribution in [0, 0.1) is 0 Å². The molecule has 1 atom stereocenters. The Morgan fingerprint density at radius 2 is 2.09 bits per heavy atom. The molecule has 1 aromatic carbocycles. The highest BCUT2D eigenvalue weighted by Crippen LogP contribution is 2.17. The van der Waals surface area contributed by atoms with Crippen molar-refractivity contribution < 1.29 is 14.3 Å². The summed E-state index contributed by atoms with van der Waals surface area (Å²) in [4.78, 5) is 2.20. The van der Waals surface area contributed by atoms with Gasteiger partial charge in [0.1, 0.15) is 11.5 Å². The molecule has 0 radical (unpaired) electrons. The molecule has 0 fully saturated rings. The number of ether oxygens (including phenoxy) is 1. The van der Waals surface area contributed by atoms with Crippen molar-refractivity contribution in [3.05, 3.63) is 54.0 Å². The highest BCUT2D eigenvalue weighted by molar-refractivity contribution is 5.28. The first-order chi connectivity index (χ1) is 10.7. The van der Waals surface area contributed by atoms with Crippen LogP contribution in [0.15, 0.2) is 47.1 Å². The Labute approximate surface area is 132 Å². The Kier molecular flexibility index (Phi) is 6.49. The Hall–Kier alpha value is -1.78. The van der Waals surface area contributed by atoms with Crippen LogP contribution in [0.2, 0.25) is 0 Å². The second-order valence-electron chi connectivity index (χ2n) is 5.54. The molecule has 1 aromatic heterocycles. The van der Waals surface area contributed by atoms with Gasteiger partial charge in [0.25, 0.3) is 0 Å². The summed E-state index contributed by atoms with van der Waals surface area (Å²) in [6.07, 6.45) is 3.16. The molecule has 120 valence electrons. The molecule has 4 nitrogen and oxygen atoms in total. The summed E-state index contributed by atoms with van der Waals surface area (Å²) in [7, 11) is 1.67. The smallest absolute Gasteiger partial charge is 0.119 e. The summed E-state index contributed by atoms with van der Waals surface area (Å²) < 4.78 is 10.7. The summed E-state index contributed by atoms with van der Waals surface area (Å²) in [5, 5.41) is 10.1. The van der Waals surface area contributed by atoms with Crippen LogP contribution in [0.4, 0.5) is 0 Å². The molecule has 4 heteroatoms. The van der Waals surface area contributed by atoms with Crippen LogP contribution in [0.25, 0.3) is 0 Å². The first-order valence-electron chi connectivity index (χ1n) is 7.77. The molecule has 0 bridgehead atoms. The molecule has 0 saturated carbocycles. The number of nitrogens with zero attached hydrogens (tertiary/aromatic N) is 1. The highest BCUT2D eigenvalue weighted by Gasteiger charge is 2.14. The van der Waals surface area contributed by atoms with E-state index < -0.39 is 0 Å². The lowest BCUT2D eigenvalue weighted by molar-refractivity contribution is 0.0932. The second kappa shape index (κ2) is 8.61. The Bertz CT molecular complexity index is 539. The first kappa shape index (κ1) is 16.6. The van der Waals surface area contributed by atoms with E-state index in [1.54, 1.807) is 13.4 Å². The van der Waals surface area contributed by atoms with Crippen molar-refractivity contribution in [2.45, 2.75) is 39.0 Å². The molecule has 1 heterocycles. The third kappa shape index (κ3) is 5.20. The minimum absolute atomic E-state index is 0.314. The van der Waals surface area contributed by atoms with Gasteiger partial charge in [-0.05, 0) is 36.2 Å².